The van der Waals surface area contributed by atoms with E-state index in [9.17, 15) is 4.79 Å². The quantitative estimate of drug-likeness (QED) is 0.723. The predicted molar refractivity (Wildman–Crippen MR) is 51.5 cm³/mol. The van der Waals surface area contributed by atoms with E-state index >= 15 is 0 Å². The minimum Gasteiger partial charge on any atom is -0.372 e. The molecular weight excluding hydrogens is 166 g/mol. The number of methoxy groups -OCH3 is 1. The van der Waals surface area contributed by atoms with Gasteiger partial charge in [0.1, 0.15) is 6.10 Å². The van der Waals surface area contributed by atoms with Crippen LogP contribution in [0.5, 0.6) is 0 Å². The second-order valence-electron chi connectivity index (χ2n) is 4.13. The number of carbonyl (C=O) groups excluding carboxylic acids is 1. The van der Waals surface area contributed by atoms with Crippen LogP contribution >= 0.6 is 0 Å². The van der Waals surface area contributed by atoms with Crippen LogP contribution in [0.15, 0.2) is 0 Å². The van der Waals surface area contributed by atoms with Crippen molar-refractivity contribution in [1.82, 2.24) is 5.32 Å². The van der Waals surface area contributed by atoms with Gasteiger partial charge in [0.15, 0.2) is 0 Å². The van der Waals surface area contributed by atoms with E-state index in [0.29, 0.717) is 0 Å². The van der Waals surface area contributed by atoms with Crippen molar-refractivity contribution in [3.05, 3.63) is 0 Å². The fourth-order valence-corrected chi connectivity index (χ4v) is 1.79. The van der Waals surface area contributed by atoms with E-state index in [1.165, 1.54) is 12.8 Å². The molecule has 76 valence electrons. The highest BCUT2D eigenvalue weighted by Crippen LogP contribution is 2.28. The zero-order valence-corrected chi connectivity index (χ0v) is 8.72. The number of hydrogen-bond acceptors (Lipinski definition) is 2. The van der Waals surface area contributed by atoms with Crippen molar-refractivity contribution in [2.24, 2.45) is 0 Å². The molecule has 0 aromatic carbocycles. The summed E-state index contributed by atoms with van der Waals surface area (Å²) in [5, 5.41) is 3.04. The maximum absolute atomic E-state index is 11.5. The van der Waals surface area contributed by atoms with Crippen LogP contribution in [0.3, 0.4) is 0 Å². The van der Waals surface area contributed by atoms with E-state index in [4.69, 9.17) is 4.74 Å². The van der Waals surface area contributed by atoms with Crippen LogP contribution in [0.1, 0.15) is 39.5 Å². The predicted octanol–water partition coefficient (Wildman–Crippen LogP) is 1.47. The third kappa shape index (κ3) is 2.69. The Hall–Kier alpha value is -0.570. The van der Waals surface area contributed by atoms with Crippen LogP contribution < -0.4 is 5.32 Å². The summed E-state index contributed by atoms with van der Waals surface area (Å²) >= 11 is 0. The van der Waals surface area contributed by atoms with Crippen LogP contribution in [0.25, 0.3) is 0 Å². The van der Waals surface area contributed by atoms with E-state index in [-0.39, 0.29) is 17.6 Å². The Kier molecular flexibility index (Phi) is 3.31. The molecule has 3 nitrogen and oxygen atoms in total. The minimum atomic E-state index is -0.336. The average Bonchev–Trinajstić information content (AvgIpc) is 2.50. The van der Waals surface area contributed by atoms with Crippen LogP contribution in [0.4, 0.5) is 0 Å². The Morgan fingerprint density at radius 3 is 2.46 bits per heavy atom. The molecule has 1 amide bonds. The third-order valence-corrected chi connectivity index (χ3v) is 2.85. The van der Waals surface area contributed by atoms with E-state index < -0.39 is 0 Å². The molecule has 1 aliphatic rings. The van der Waals surface area contributed by atoms with Crippen molar-refractivity contribution in [3.63, 3.8) is 0 Å². The zero-order chi connectivity index (χ0) is 9.90. The highest BCUT2D eigenvalue weighted by Gasteiger charge is 2.31. The van der Waals surface area contributed by atoms with Gasteiger partial charge >= 0.3 is 0 Å². The Labute approximate surface area is 79.8 Å². The van der Waals surface area contributed by atoms with Gasteiger partial charge in [-0.05, 0) is 26.7 Å². The number of ether oxygens (including phenoxy) is 1. The number of rotatable bonds is 3. The highest BCUT2D eigenvalue weighted by molar-refractivity contribution is 5.81. The van der Waals surface area contributed by atoms with Gasteiger partial charge in [0.05, 0.1) is 0 Å². The molecule has 0 spiro atoms. The van der Waals surface area contributed by atoms with Crippen molar-refractivity contribution in [2.75, 3.05) is 7.11 Å². The van der Waals surface area contributed by atoms with E-state index in [1.54, 1.807) is 14.0 Å². The van der Waals surface area contributed by atoms with Crippen LogP contribution in [0, 0.1) is 0 Å². The number of amides is 1. The molecule has 1 N–H and O–H groups in total. The summed E-state index contributed by atoms with van der Waals surface area (Å²) < 4.78 is 4.96. The lowest BCUT2D eigenvalue weighted by atomic mass is 10.0. The molecule has 0 bridgehead atoms. The lowest BCUT2D eigenvalue weighted by Gasteiger charge is -2.26. The van der Waals surface area contributed by atoms with Crippen molar-refractivity contribution >= 4 is 5.91 Å². The van der Waals surface area contributed by atoms with E-state index in [0.717, 1.165) is 12.8 Å². The summed E-state index contributed by atoms with van der Waals surface area (Å²) in [4.78, 5) is 11.5. The van der Waals surface area contributed by atoms with Gasteiger partial charge in [-0.2, -0.15) is 0 Å². The fraction of sp³-hybridized carbons (Fsp3) is 0.900. The van der Waals surface area contributed by atoms with Gasteiger partial charge < -0.3 is 10.1 Å². The molecular formula is C10H19NO2. The number of carbonyl (C=O) groups is 1. The first-order valence-corrected chi connectivity index (χ1v) is 4.92. The van der Waals surface area contributed by atoms with Gasteiger partial charge in [-0.15, -0.1) is 0 Å². The monoisotopic (exact) mass is 185 g/mol. The minimum absolute atomic E-state index is 0.00639. The maximum Gasteiger partial charge on any atom is 0.249 e. The van der Waals surface area contributed by atoms with Crippen molar-refractivity contribution in [3.8, 4) is 0 Å². The highest BCUT2D eigenvalue weighted by atomic mass is 16.5. The van der Waals surface area contributed by atoms with Gasteiger partial charge in [0.2, 0.25) is 5.91 Å². The van der Waals surface area contributed by atoms with E-state index in [2.05, 4.69) is 12.2 Å². The Morgan fingerprint density at radius 2 is 2.00 bits per heavy atom. The second kappa shape index (κ2) is 4.09. The molecule has 3 heteroatoms. The first-order valence-electron chi connectivity index (χ1n) is 4.92. The first-order chi connectivity index (χ1) is 6.07. The largest absolute Gasteiger partial charge is 0.372 e. The van der Waals surface area contributed by atoms with Gasteiger partial charge in [-0.1, -0.05) is 12.8 Å². The normalized spacial score (nSPS) is 22.7. The lowest BCUT2D eigenvalue weighted by molar-refractivity contribution is -0.131. The molecule has 1 rings (SSSR count). The molecule has 1 aliphatic carbocycles. The van der Waals surface area contributed by atoms with Crippen molar-refractivity contribution < 1.29 is 9.53 Å². The summed E-state index contributed by atoms with van der Waals surface area (Å²) in [6, 6.07) is 0. The Balaban J connectivity index is 2.43. The van der Waals surface area contributed by atoms with Crippen molar-refractivity contribution in [1.29, 1.82) is 0 Å². The Morgan fingerprint density at radius 1 is 1.46 bits per heavy atom. The molecule has 13 heavy (non-hydrogen) atoms. The standard InChI is InChI=1S/C10H19NO2/c1-8(13-3)9(12)11-10(2)6-4-5-7-10/h8H,4-7H2,1-3H3,(H,11,12). The molecule has 1 saturated carbocycles. The molecule has 0 saturated heterocycles. The maximum atomic E-state index is 11.5. The topological polar surface area (TPSA) is 38.3 Å². The summed E-state index contributed by atoms with van der Waals surface area (Å²) in [7, 11) is 1.56. The second-order valence-corrected chi connectivity index (χ2v) is 4.13. The molecule has 0 heterocycles. The van der Waals surface area contributed by atoms with Gasteiger partial charge in [0.25, 0.3) is 0 Å². The van der Waals surface area contributed by atoms with Gasteiger partial charge in [0, 0.05) is 12.6 Å². The molecule has 0 radical (unpaired) electrons. The molecule has 1 fully saturated rings. The Bertz CT molecular complexity index is 185. The van der Waals surface area contributed by atoms with Gasteiger partial charge in [-0.3, -0.25) is 4.79 Å². The molecule has 1 unspecified atom stereocenters. The average molecular weight is 185 g/mol. The molecule has 1 atom stereocenters. The molecule has 0 aromatic heterocycles. The SMILES string of the molecule is COC(C)C(=O)NC1(C)CCCC1. The summed E-state index contributed by atoms with van der Waals surface area (Å²) in [6.07, 6.45) is 4.29. The summed E-state index contributed by atoms with van der Waals surface area (Å²) in [6.45, 7) is 3.88. The van der Waals surface area contributed by atoms with Crippen LogP contribution in [-0.4, -0.2) is 24.7 Å². The van der Waals surface area contributed by atoms with E-state index in [1.807, 2.05) is 0 Å². The van der Waals surface area contributed by atoms with Crippen LogP contribution in [0.2, 0.25) is 0 Å². The fourth-order valence-electron chi connectivity index (χ4n) is 1.79. The molecule has 0 aromatic rings. The number of hydrogen-bond donors (Lipinski definition) is 1. The summed E-state index contributed by atoms with van der Waals surface area (Å²) in [5.74, 6) is 0.00639. The third-order valence-electron chi connectivity index (χ3n) is 2.85. The van der Waals surface area contributed by atoms with Crippen molar-refractivity contribution in [2.45, 2.75) is 51.2 Å². The zero-order valence-electron chi connectivity index (χ0n) is 8.72. The van der Waals surface area contributed by atoms with Gasteiger partial charge in [-0.25, -0.2) is 0 Å². The van der Waals surface area contributed by atoms with Crippen LogP contribution in [-0.2, 0) is 9.53 Å². The molecule has 0 aliphatic heterocycles. The summed E-state index contributed by atoms with van der Waals surface area (Å²) in [5.41, 5.74) is 0.0177. The smallest absolute Gasteiger partial charge is 0.249 e. The lowest BCUT2D eigenvalue weighted by Crippen LogP contribution is -2.47. The first kappa shape index (κ1) is 10.5. The number of nitrogens with one attached hydrogen (secondary N) is 1.